The van der Waals surface area contributed by atoms with E-state index in [1.807, 2.05) is 12.2 Å². The minimum Gasteiger partial charge on any atom is -0.461 e. The summed E-state index contributed by atoms with van der Waals surface area (Å²) in [5.41, 5.74) is 5.34. The van der Waals surface area contributed by atoms with Crippen molar-refractivity contribution < 1.29 is 37.6 Å². The monoisotopic (exact) mass is 812 g/mol. The normalized spacial score (nSPS) is 14.5. The molecule has 0 fully saturated rings. The fraction of sp³-hybridized carbons (Fsp3) is 0.532. The average molecular weight is 812 g/mol. The third kappa shape index (κ3) is 41.9. The van der Waals surface area contributed by atoms with Gasteiger partial charge in [0.05, 0.1) is 19.6 Å². The van der Waals surface area contributed by atoms with E-state index in [-0.39, 0.29) is 32.6 Å². The number of nitrogens with two attached hydrogens (primary N) is 1. The number of phosphoric ester groups is 1. The first-order chi connectivity index (χ1) is 27.8. The van der Waals surface area contributed by atoms with Crippen LogP contribution in [0.1, 0.15) is 129 Å². The lowest BCUT2D eigenvalue weighted by Gasteiger charge is -2.19. The van der Waals surface area contributed by atoms with Gasteiger partial charge in [0, 0.05) is 13.0 Å². The number of hydrogen-bond acceptors (Lipinski definition) is 8. The Bertz CT molecular complexity index is 1340. The molecule has 3 N–H and O–H groups in total. The largest absolute Gasteiger partial charge is 0.472 e. The molecule has 0 saturated heterocycles. The number of esters is 2. The summed E-state index contributed by atoms with van der Waals surface area (Å²) in [7, 11) is -4.41. The van der Waals surface area contributed by atoms with Crippen LogP contribution in [0.2, 0.25) is 0 Å². The molecule has 0 aromatic carbocycles. The van der Waals surface area contributed by atoms with Gasteiger partial charge in [-0.2, -0.15) is 0 Å². The second kappa shape index (κ2) is 42.0. The molecule has 0 bridgehead atoms. The van der Waals surface area contributed by atoms with Gasteiger partial charge < -0.3 is 20.1 Å². The quantitative estimate of drug-likeness (QED) is 0.0272. The van der Waals surface area contributed by atoms with E-state index >= 15 is 0 Å². The summed E-state index contributed by atoms with van der Waals surface area (Å²) < 4.78 is 32.6. The summed E-state index contributed by atoms with van der Waals surface area (Å²) in [6.45, 7) is 3.33. The van der Waals surface area contributed by atoms with Gasteiger partial charge in [-0.15, -0.1) is 0 Å². The van der Waals surface area contributed by atoms with Crippen LogP contribution in [0.4, 0.5) is 0 Å². The van der Waals surface area contributed by atoms with Crippen molar-refractivity contribution in [3.05, 3.63) is 122 Å². The Kier molecular flexibility index (Phi) is 39.4. The van der Waals surface area contributed by atoms with Gasteiger partial charge in [-0.1, -0.05) is 155 Å². The molecule has 2 atom stereocenters. The van der Waals surface area contributed by atoms with Crippen LogP contribution >= 0.6 is 7.82 Å². The molecule has 0 heterocycles. The van der Waals surface area contributed by atoms with E-state index in [9.17, 15) is 19.0 Å². The zero-order valence-corrected chi connectivity index (χ0v) is 35.9. The number of hydrogen-bond donors (Lipinski definition) is 2. The van der Waals surface area contributed by atoms with Crippen molar-refractivity contribution in [3.8, 4) is 0 Å². The van der Waals surface area contributed by atoms with Gasteiger partial charge in [0.1, 0.15) is 6.61 Å². The first-order valence-electron chi connectivity index (χ1n) is 21.0. The van der Waals surface area contributed by atoms with Crippen molar-refractivity contribution in [1.82, 2.24) is 0 Å². The number of unbranched alkanes of at least 4 members (excludes halogenated alkanes) is 5. The molecule has 0 rings (SSSR count). The molecule has 0 aliphatic rings. The van der Waals surface area contributed by atoms with E-state index in [2.05, 4.69) is 117 Å². The maximum Gasteiger partial charge on any atom is 0.472 e. The highest BCUT2D eigenvalue weighted by atomic mass is 31.2. The molecular weight excluding hydrogens is 737 g/mol. The molecule has 2 unspecified atom stereocenters. The lowest BCUT2D eigenvalue weighted by Crippen LogP contribution is -2.29. The average Bonchev–Trinajstić information content (AvgIpc) is 3.20. The summed E-state index contributed by atoms with van der Waals surface area (Å²) in [6, 6.07) is 0. The fourth-order valence-corrected chi connectivity index (χ4v) is 5.61. The third-order valence-corrected chi connectivity index (χ3v) is 8.86. The summed E-state index contributed by atoms with van der Waals surface area (Å²) in [4.78, 5) is 34.8. The highest BCUT2D eigenvalue weighted by Crippen LogP contribution is 2.43. The van der Waals surface area contributed by atoms with E-state index in [4.69, 9.17) is 24.3 Å². The Morgan fingerprint density at radius 3 is 1.44 bits per heavy atom. The fourth-order valence-electron chi connectivity index (χ4n) is 4.85. The molecular formula is C47H74NO8P. The van der Waals surface area contributed by atoms with Crippen molar-refractivity contribution in [2.45, 2.75) is 136 Å². The predicted octanol–water partition coefficient (Wildman–Crippen LogP) is 12.2. The number of rotatable bonds is 37. The van der Waals surface area contributed by atoms with Crippen molar-refractivity contribution >= 4 is 19.8 Å². The van der Waals surface area contributed by atoms with Crippen LogP contribution in [0.3, 0.4) is 0 Å². The molecule has 0 aliphatic carbocycles. The topological polar surface area (TPSA) is 134 Å². The van der Waals surface area contributed by atoms with Crippen molar-refractivity contribution in [2.24, 2.45) is 5.73 Å². The van der Waals surface area contributed by atoms with Gasteiger partial charge in [0.15, 0.2) is 6.10 Å². The lowest BCUT2D eigenvalue weighted by molar-refractivity contribution is -0.160. The van der Waals surface area contributed by atoms with Crippen LogP contribution in [0.25, 0.3) is 0 Å². The Labute approximate surface area is 345 Å². The van der Waals surface area contributed by atoms with E-state index in [0.717, 1.165) is 89.9 Å². The van der Waals surface area contributed by atoms with Crippen LogP contribution in [0, 0.1) is 0 Å². The number of ether oxygens (including phenoxy) is 2. The van der Waals surface area contributed by atoms with Gasteiger partial charge in [-0.25, -0.2) is 4.57 Å². The summed E-state index contributed by atoms with van der Waals surface area (Å²) >= 11 is 0. The Morgan fingerprint density at radius 2 is 0.965 bits per heavy atom. The van der Waals surface area contributed by atoms with E-state index in [1.165, 1.54) is 0 Å². The van der Waals surface area contributed by atoms with Crippen molar-refractivity contribution in [2.75, 3.05) is 26.4 Å². The molecule has 320 valence electrons. The van der Waals surface area contributed by atoms with Gasteiger partial charge in [-0.3, -0.25) is 18.6 Å². The zero-order chi connectivity index (χ0) is 41.8. The molecule has 10 heteroatoms. The Hall–Kier alpha value is -3.59. The van der Waals surface area contributed by atoms with Gasteiger partial charge >= 0.3 is 19.8 Å². The standard InChI is InChI=1S/C47H74NO8P/c1-3-5-7-9-11-13-15-17-19-20-21-22-23-24-26-28-30-32-34-36-38-40-47(50)56-45(44-55-57(51,52)54-42-41-48)43-53-46(49)39-37-35-33-31-29-27-25-18-16-14-12-10-8-6-4-2/h5-8,11-14,17-19,21-22,24-26,29,31,35,37,45H,3-4,9-10,15-16,20,23,27-28,30,32-34,36,38-44,48H2,1-2H3,(H,51,52)/b7-5-,8-6-,13-11-,14-12-,19-17-,22-21-,25-18-,26-24-,31-29-,37-35-. The first kappa shape index (κ1) is 53.4. The van der Waals surface area contributed by atoms with E-state index in [1.54, 1.807) is 6.08 Å². The summed E-state index contributed by atoms with van der Waals surface area (Å²) in [5, 5.41) is 0. The SMILES string of the molecule is CC/C=C\C/C=C\C/C=C\C/C=C\C/C=C\CCCCCCCC(=O)OC(COC(=O)C/C=C\C/C=C\C/C=C\C/C=C\C/C=C\CC)COP(=O)(O)OCCN. The smallest absolute Gasteiger partial charge is 0.461 e. The first-order valence-corrected chi connectivity index (χ1v) is 22.5. The van der Waals surface area contributed by atoms with E-state index in [0.29, 0.717) is 12.8 Å². The second-order valence-electron chi connectivity index (χ2n) is 13.1. The number of carbonyl (C=O) groups is 2. The molecule has 9 nitrogen and oxygen atoms in total. The van der Waals surface area contributed by atoms with Gasteiger partial charge in [0.2, 0.25) is 0 Å². The lowest BCUT2D eigenvalue weighted by atomic mass is 10.1. The number of allylic oxidation sites excluding steroid dienone is 19. The van der Waals surface area contributed by atoms with Crippen LogP contribution in [0.15, 0.2) is 122 Å². The summed E-state index contributed by atoms with van der Waals surface area (Å²) in [6.07, 6.45) is 56.8. The molecule has 0 aromatic rings. The predicted molar refractivity (Wildman–Crippen MR) is 237 cm³/mol. The summed E-state index contributed by atoms with van der Waals surface area (Å²) in [5.74, 6) is -1.01. The minimum atomic E-state index is -4.41. The van der Waals surface area contributed by atoms with Gasteiger partial charge in [0.25, 0.3) is 0 Å². The van der Waals surface area contributed by atoms with Gasteiger partial charge in [-0.05, 0) is 83.5 Å². The van der Waals surface area contributed by atoms with Crippen molar-refractivity contribution in [1.29, 1.82) is 0 Å². The van der Waals surface area contributed by atoms with Crippen LogP contribution < -0.4 is 5.73 Å². The van der Waals surface area contributed by atoms with E-state index < -0.39 is 32.5 Å². The third-order valence-electron chi connectivity index (χ3n) is 7.88. The molecule has 0 aromatic heterocycles. The Morgan fingerprint density at radius 1 is 0.544 bits per heavy atom. The van der Waals surface area contributed by atoms with Crippen LogP contribution in [0.5, 0.6) is 0 Å². The molecule has 57 heavy (non-hydrogen) atoms. The Balaban J connectivity index is 4.35. The molecule has 0 saturated carbocycles. The number of phosphoric acid groups is 1. The molecule has 0 spiro atoms. The van der Waals surface area contributed by atoms with Crippen molar-refractivity contribution in [3.63, 3.8) is 0 Å². The second-order valence-corrected chi connectivity index (χ2v) is 14.6. The molecule has 0 radical (unpaired) electrons. The maximum absolute atomic E-state index is 12.6. The maximum atomic E-state index is 12.6. The van der Waals surface area contributed by atoms with Crippen LogP contribution in [-0.4, -0.2) is 49.3 Å². The minimum absolute atomic E-state index is 0.0309. The highest BCUT2D eigenvalue weighted by molar-refractivity contribution is 7.47. The molecule has 0 amide bonds. The highest BCUT2D eigenvalue weighted by Gasteiger charge is 2.25. The molecule has 0 aliphatic heterocycles. The number of carbonyl (C=O) groups excluding carboxylic acids is 2. The zero-order valence-electron chi connectivity index (χ0n) is 35.0. The van der Waals surface area contributed by atoms with Crippen LogP contribution in [-0.2, 0) is 32.7 Å².